The molecule has 1 heterocycles. The predicted molar refractivity (Wildman–Crippen MR) is 82.4 cm³/mol. The van der Waals surface area contributed by atoms with Crippen molar-refractivity contribution < 1.29 is 9.13 Å². The van der Waals surface area contributed by atoms with E-state index in [-0.39, 0.29) is 11.6 Å². The second-order valence-corrected chi connectivity index (χ2v) is 4.63. The third-order valence-corrected chi connectivity index (χ3v) is 3.17. The average Bonchev–Trinajstić information content (AvgIpc) is 2.51. The molecule has 4 heteroatoms. The molecule has 1 N–H and O–H groups in total. The number of nitrogens with zero attached hydrogens (tertiary/aromatic N) is 1. The van der Waals surface area contributed by atoms with Gasteiger partial charge in [0, 0.05) is 41.5 Å². The van der Waals surface area contributed by atoms with Gasteiger partial charge in [0.25, 0.3) is 0 Å². The minimum atomic E-state index is -0.389. The molecule has 3 nitrogen and oxygen atoms in total. The van der Waals surface area contributed by atoms with Crippen molar-refractivity contribution in [3.8, 4) is 11.5 Å². The number of hydrogen-bond donors (Lipinski definition) is 1. The van der Waals surface area contributed by atoms with E-state index in [1.54, 1.807) is 24.5 Å². The van der Waals surface area contributed by atoms with Crippen LogP contribution >= 0.6 is 0 Å². The van der Waals surface area contributed by atoms with Gasteiger partial charge >= 0.3 is 0 Å². The van der Waals surface area contributed by atoms with E-state index in [1.807, 2.05) is 31.2 Å². The Bertz CT molecular complexity index is 768. The van der Waals surface area contributed by atoms with Gasteiger partial charge in [0.1, 0.15) is 5.75 Å². The highest BCUT2D eigenvalue weighted by atomic mass is 19.1. The molecule has 0 amide bonds. The van der Waals surface area contributed by atoms with Gasteiger partial charge in [0.15, 0.2) is 11.6 Å². The fourth-order valence-corrected chi connectivity index (χ4v) is 2.20. The van der Waals surface area contributed by atoms with Crippen LogP contribution in [0.25, 0.3) is 10.8 Å². The summed E-state index contributed by atoms with van der Waals surface area (Å²) in [6.07, 6.45) is 3.45. The standard InChI is InChI=1S/C17H15FN2O/c1-2-20-13-6-7-17(15(18)10-13)21-16-5-3-4-12-11-19-9-8-14(12)16/h3-11,20H,2H2,1H3. The molecule has 0 aliphatic carbocycles. The first-order valence-corrected chi connectivity index (χ1v) is 6.82. The van der Waals surface area contributed by atoms with Crippen molar-refractivity contribution in [2.24, 2.45) is 0 Å². The van der Waals surface area contributed by atoms with Gasteiger partial charge in [0.05, 0.1) is 0 Å². The Morgan fingerprint density at radius 2 is 2.05 bits per heavy atom. The SMILES string of the molecule is CCNc1ccc(Oc2cccc3cnccc23)c(F)c1. The van der Waals surface area contributed by atoms with Crippen LogP contribution in [0.5, 0.6) is 11.5 Å². The molecular weight excluding hydrogens is 267 g/mol. The number of rotatable bonds is 4. The normalized spacial score (nSPS) is 10.6. The van der Waals surface area contributed by atoms with E-state index in [1.165, 1.54) is 6.07 Å². The summed E-state index contributed by atoms with van der Waals surface area (Å²) in [7, 11) is 0. The summed E-state index contributed by atoms with van der Waals surface area (Å²) in [6.45, 7) is 2.71. The van der Waals surface area contributed by atoms with E-state index in [0.29, 0.717) is 5.75 Å². The quantitative estimate of drug-likeness (QED) is 0.759. The molecule has 0 aliphatic heterocycles. The Labute approximate surface area is 122 Å². The number of anilines is 1. The van der Waals surface area contributed by atoms with Crippen molar-refractivity contribution in [3.63, 3.8) is 0 Å². The predicted octanol–water partition coefficient (Wildman–Crippen LogP) is 4.60. The van der Waals surface area contributed by atoms with Crippen LogP contribution in [-0.4, -0.2) is 11.5 Å². The van der Waals surface area contributed by atoms with Crippen LogP contribution in [0.2, 0.25) is 0 Å². The zero-order valence-electron chi connectivity index (χ0n) is 11.6. The lowest BCUT2D eigenvalue weighted by atomic mass is 10.1. The van der Waals surface area contributed by atoms with Crippen LogP contribution in [0, 0.1) is 5.82 Å². The van der Waals surface area contributed by atoms with Crippen LogP contribution in [0.4, 0.5) is 10.1 Å². The third kappa shape index (κ3) is 2.79. The fraction of sp³-hybridized carbons (Fsp3) is 0.118. The summed E-state index contributed by atoms with van der Waals surface area (Å²) >= 11 is 0. The third-order valence-electron chi connectivity index (χ3n) is 3.17. The van der Waals surface area contributed by atoms with Gasteiger partial charge in [-0.1, -0.05) is 12.1 Å². The Kier molecular flexibility index (Phi) is 3.69. The minimum Gasteiger partial charge on any atom is -0.454 e. The lowest BCUT2D eigenvalue weighted by Crippen LogP contribution is -1.97. The summed E-state index contributed by atoms with van der Waals surface area (Å²) in [4.78, 5) is 4.07. The molecule has 0 spiro atoms. The molecule has 21 heavy (non-hydrogen) atoms. The molecule has 3 aromatic rings. The van der Waals surface area contributed by atoms with Crippen LogP contribution in [0.3, 0.4) is 0 Å². The highest BCUT2D eigenvalue weighted by molar-refractivity contribution is 5.87. The number of aromatic nitrogens is 1. The van der Waals surface area contributed by atoms with Crippen LogP contribution in [0.1, 0.15) is 6.92 Å². The molecule has 0 bridgehead atoms. The molecule has 0 aliphatic rings. The number of pyridine rings is 1. The van der Waals surface area contributed by atoms with E-state index in [2.05, 4.69) is 10.3 Å². The average molecular weight is 282 g/mol. The molecule has 106 valence electrons. The van der Waals surface area contributed by atoms with Gasteiger partial charge in [-0.2, -0.15) is 0 Å². The van der Waals surface area contributed by atoms with E-state index in [0.717, 1.165) is 23.0 Å². The second-order valence-electron chi connectivity index (χ2n) is 4.63. The second kappa shape index (κ2) is 5.79. The number of fused-ring (bicyclic) bond motifs is 1. The number of benzene rings is 2. The zero-order valence-corrected chi connectivity index (χ0v) is 11.6. The topological polar surface area (TPSA) is 34.1 Å². The summed E-state index contributed by atoms with van der Waals surface area (Å²) in [5, 5.41) is 4.93. The maximum atomic E-state index is 14.1. The number of nitrogens with one attached hydrogen (secondary N) is 1. The van der Waals surface area contributed by atoms with Crippen molar-refractivity contribution in [1.82, 2.24) is 4.98 Å². The molecule has 0 radical (unpaired) electrons. The molecule has 0 unspecified atom stereocenters. The minimum absolute atomic E-state index is 0.209. The van der Waals surface area contributed by atoms with E-state index in [9.17, 15) is 4.39 Å². The van der Waals surface area contributed by atoms with Gasteiger partial charge in [0.2, 0.25) is 0 Å². The largest absolute Gasteiger partial charge is 0.454 e. The first-order chi connectivity index (χ1) is 10.3. The maximum Gasteiger partial charge on any atom is 0.167 e. The smallest absolute Gasteiger partial charge is 0.167 e. The van der Waals surface area contributed by atoms with Crippen molar-refractivity contribution in [2.75, 3.05) is 11.9 Å². The molecule has 0 atom stereocenters. The zero-order chi connectivity index (χ0) is 14.7. The van der Waals surface area contributed by atoms with Gasteiger partial charge in [-0.15, -0.1) is 0 Å². The highest BCUT2D eigenvalue weighted by Crippen LogP contribution is 2.31. The van der Waals surface area contributed by atoms with Crippen LogP contribution in [0.15, 0.2) is 54.9 Å². The number of hydrogen-bond acceptors (Lipinski definition) is 3. The van der Waals surface area contributed by atoms with Gasteiger partial charge < -0.3 is 10.1 Å². The summed E-state index contributed by atoms with van der Waals surface area (Å²) < 4.78 is 19.8. The Balaban J connectivity index is 1.95. The van der Waals surface area contributed by atoms with E-state index >= 15 is 0 Å². The van der Waals surface area contributed by atoms with Crippen LogP contribution < -0.4 is 10.1 Å². The Morgan fingerprint density at radius 3 is 2.86 bits per heavy atom. The molecule has 0 saturated carbocycles. The summed E-state index contributed by atoms with van der Waals surface area (Å²) in [5.41, 5.74) is 0.740. The highest BCUT2D eigenvalue weighted by Gasteiger charge is 2.08. The van der Waals surface area contributed by atoms with Gasteiger partial charge in [-0.25, -0.2) is 4.39 Å². The molecule has 1 aromatic heterocycles. The molecule has 0 fully saturated rings. The van der Waals surface area contributed by atoms with Crippen molar-refractivity contribution >= 4 is 16.5 Å². The van der Waals surface area contributed by atoms with Gasteiger partial charge in [-0.3, -0.25) is 4.98 Å². The lowest BCUT2D eigenvalue weighted by Gasteiger charge is -2.11. The molecule has 2 aromatic carbocycles. The fourth-order valence-electron chi connectivity index (χ4n) is 2.20. The Morgan fingerprint density at radius 1 is 1.14 bits per heavy atom. The summed E-state index contributed by atoms with van der Waals surface area (Å²) in [5.74, 6) is 0.436. The van der Waals surface area contributed by atoms with Crippen LogP contribution in [-0.2, 0) is 0 Å². The van der Waals surface area contributed by atoms with Crippen molar-refractivity contribution in [3.05, 3.63) is 60.7 Å². The number of ether oxygens (including phenoxy) is 1. The lowest BCUT2D eigenvalue weighted by molar-refractivity contribution is 0.446. The van der Waals surface area contributed by atoms with E-state index < -0.39 is 0 Å². The monoisotopic (exact) mass is 282 g/mol. The first-order valence-electron chi connectivity index (χ1n) is 6.82. The molecule has 0 saturated heterocycles. The number of halogens is 1. The summed E-state index contributed by atoms with van der Waals surface area (Å²) in [6, 6.07) is 12.4. The molecule has 3 rings (SSSR count). The first kappa shape index (κ1) is 13.4. The maximum absolute atomic E-state index is 14.1. The molecular formula is C17H15FN2O. The van der Waals surface area contributed by atoms with E-state index in [4.69, 9.17) is 4.74 Å². The van der Waals surface area contributed by atoms with Gasteiger partial charge in [-0.05, 0) is 31.2 Å². The van der Waals surface area contributed by atoms with Crippen molar-refractivity contribution in [1.29, 1.82) is 0 Å². The Hall–Kier alpha value is -2.62. The van der Waals surface area contributed by atoms with Crippen molar-refractivity contribution in [2.45, 2.75) is 6.92 Å².